The number of hydrogen-bond acceptors (Lipinski definition) is 23. The summed E-state index contributed by atoms with van der Waals surface area (Å²) < 4.78 is 0. The van der Waals surface area contributed by atoms with E-state index < -0.39 is 226 Å². The number of nitrogens with zero attached hydrogens (tertiary/aromatic N) is 2. The number of primary amides is 2. The molecule has 10 atom stereocenters. The van der Waals surface area contributed by atoms with Crippen LogP contribution < -0.4 is 87.2 Å². The van der Waals surface area contributed by atoms with Crippen LogP contribution in [-0.4, -0.2) is 262 Å². The van der Waals surface area contributed by atoms with Crippen LogP contribution in [0.1, 0.15) is 141 Å². The quantitative estimate of drug-likeness (QED) is 0.0284. The maximum absolute atomic E-state index is 15.1. The molecule has 1 saturated heterocycles. The number of carbonyl (C=O) groups excluding carboxylic acids is 15. The number of hydrogen-bond donors (Lipinski definition) is 20. The van der Waals surface area contributed by atoms with Gasteiger partial charge in [0.05, 0.1) is 25.7 Å². The first kappa shape index (κ1) is 96.6. The first-order valence-electron chi connectivity index (χ1n) is 37.6. The number of nitrogens with two attached hydrogens (primary N) is 5. The fraction of sp³-hybridized carbons (Fsp3) is 0.603. The van der Waals surface area contributed by atoms with Crippen LogP contribution >= 0.6 is 11.8 Å². The SMILES string of the molecule is CSCCC1NC(=O)[C@H](CCCCN)NC(=O)C(CCC(=O)O)NC(=O)[C@H](CCCCN)NC(=O)C(CCC(N)=O)NC(=O)[C@H](Cc2ccccc2)NC(=O)CN(C(=O)[C@H](CO)NC(=O)[C@@H](N)Cc2ccc(O)cc2)CCNC(=O)CCCCC(=O)NCCN(CC(=O)N[C@@H](CC(C)C)C(=O)N[C@@H](CCC(N)=O)C(=O)O)C1=O. The molecule has 0 spiro atoms. The molecule has 39 nitrogen and oxygen atoms in total. The Morgan fingerprint density at radius 1 is 0.566 bits per heavy atom. The molecule has 113 heavy (non-hydrogen) atoms. The molecule has 0 saturated carbocycles. The number of amides is 15. The number of nitrogens with one attached hydrogen (secondary N) is 11. The third-order valence-corrected chi connectivity index (χ3v) is 18.5. The molecular weight excluding hydrogens is 1500 g/mol. The summed E-state index contributed by atoms with van der Waals surface area (Å²) in [4.78, 5) is 236. The Balaban J connectivity index is 2.25. The average Bonchev–Trinajstić information content (AvgIpc) is 0.858. The zero-order chi connectivity index (χ0) is 84.1. The second-order valence-corrected chi connectivity index (χ2v) is 28.7. The van der Waals surface area contributed by atoms with E-state index in [0.717, 1.165) is 9.80 Å². The first-order valence-corrected chi connectivity index (χ1v) is 39.0. The van der Waals surface area contributed by atoms with E-state index in [2.05, 4.69) is 58.5 Å². The summed E-state index contributed by atoms with van der Waals surface area (Å²) in [6, 6.07) is -2.02. The van der Waals surface area contributed by atoms with Gasteiger partial charge >= 0.3 is 11.9 Å². The molecule has 15 amide bonds. The van der Waals surface area contributed by atoms with Crippen LogP contribution in [0.3, 0.4) is 0 Å². The van der Waals surface area contributed by atoms with Crippen molar-refractivity contribution in [2.75, 3.05) is 71.0 Å². The number of unbranched alkanes of at least 4 members (excludes halogenated alkanes) is 2. The van der Waals surface area contributed by atoms with Crippen molar-refractivity contribution in [3.8, 4) is 5.75 Å². The Hall–Kier alpha value is -10.6. The zero-order valence-corrected chi connectivity index (χ0v) is 65.0. The Bertz CT molecular complexity index is 3510. The van der Waals surface area contributed by atoms with Crippen LogP contribution in [0.4, 0.5) is 0 Å². The number of phenolic OH excluding ortho intramolecular Hbond substituents is 1. The molecule has 0 aliphatic carbocycles. The highest BCUT2D eigenvalue weighted by Gasteiger charge is 2.38. The number of aliphatic hydroxyl groups excluding tert-OH is 1. The summed E-state index contributed by atoms with van der Waals surface area (Å²) in [7, 11) is 0. The number of aromatic hydroxyl groups is 1. The molecule has 1 fully saturated rings. The summed E-state index contributed by atoms with van der Waals surface area (Å²) in [6.45, 7) is -0.796. The van der Waals surface area contributed by atoms with Gasteiger partial charge in [0.25, 0.3) is 0 Å². The smallest absolute Gasteiger partial charge is 0.326 e. The van der Waals surface area contributed by atoms with E-state index in [0.29, 0.717) is 17.5 Å². The molecule has 25 N–H and O–H groups in total. The van der Waals surface area contributed by atoms with Gasteiger partial charge in [0, 0.05) is 64.7 Å². The number of thioether (sulfide) groups is 1. The summed E-state index contributed by atoms with van der Waals surface area (Å²) >= 11 is 1.26. The van der Waals surface area contributed by atoms with Gasteiger partial charge in [0.2, 0.25) is 88.6 Å². The van der Waals surface area contributed by atoms with Gasteiger partial charge < -0.3 is 117 Å². The maximum atomic E-state index is 15.1. The topological polar surface area (TPSA) is 640 Å². The van der Waals surface area contributed by atoms with Crippen LogP contribution in [0.25, 0.3) is 0 Å². The molecule has 628 valence electrons. The van der Waals surface area contributed by atoms with Crippen molar-refractivity contribution < 1.29 is 102 Å². The zero-order valence-electron chi connectivity index (χ0n) is 64.2. The second-order valence-electron chi connectivity index (χ2n) is 27.7. The van der Waals surface area contributed by atoms with Crippen molar-refractivity contribution >= 4 is 112 Å². The Morgan fingerprint density at radius 2 is 1.07 bits per heavy atom. The number of aliphatic carboxylic acids is 2. The molecular formula is C73H114N18O21S. The van der Waals surface area contributed by atoms with Gasteiger partial charge in [-0.25, -0.2) is 4.79 Å². The molecule has 40 heteroatoms. The molecule has 1 aliphatic rings. The van der Waals surface area contributed by atoms with Crippen molar-refractivity contribution in [3.05, 3.63) is 65.7 Å². The molecule has 2 aromatic rings. The van der Waals surface area contributed by atoms with Crippen molar-refractivity contribution in [3.63, 3.8) is 0 Å². The van der Waals surface area contributed by atoms with Gasteiger partial charge in [-0.3, -0.25) is 76.7 Å². The summed E-state index contributed by atoms with van der Waals surface area (Å²) in [5, 5.41) is 68.1. The van der Waals surface area contributed by atoms with E-state index in [1.807, 2.05) is 0 Å². The number of benzene rings is 2. The number of carbonyl (C=O) groups is 17. The molecule has 2 aromatic carbocycles. The van der Waals surface area contributed by atoms with E-state index >= 15 is 4.79 Å². The number of carboxylic acid groups (broad SMARTS) is 2. The molecule has 3 unspecified atom stereocenters. The molecule has 1 heterocycles. The highest BCUT2D eigenvalue weighted by molar-refractivity contribution is 7.98. The summed E-state index contributed by atoms with van der Waals surface area (Å²) in [5.74, 6) is -17.2. The number of carboxylic acids is 2. The highest BCUT2D eigenvalue weighted by Crippen LogP contribution is 2.16. The van der Waals surface area contributed by atoms with Gasteiger partial charge in [-0.05, 0) is 144 Å². The minimum Gasteiger partial charge on any atom is -0.508 e. The van der Waals surface area contributed by atoms with E-state index in [-0.39, 0.29) is 133 Å². The fourth-order valence-electron chi connectivity index (χ4n) is 11.7. The highest BCUT2D eigenvalue weighted by atomic mass is 32.2. The summed E-state index contributed by atoms with van der Waals surface area (Å²) in [6.07, 6.45) is -1.80. The van der Waals surface area contributed by atoms with Crippen molar-refractivity contribution in [1.82, 2.24) is 68.3 Å². The number of phenols is 1. The maximum Gasteiger partial charge on any atom is 0.326 e. The third-order valence-electron chi connectivity index (χ3n) is 17.8. The molecule has 1 aliphatic heterocycles. The molecule has 3 rings (SSSR count). The van der Waals surface area contributed by atoms with Gasteiger partial charge in [-0.15, -0.1) is 0 Å². The van der Waals surface area contributed by atoms with Crippen LogP contribution in [0.2, 0.25) is 0 Å². The predicted octanol–water partition coefficient (Wildman–Crippen LogP) is -5.14. The normalized spacial score (nSPS) is 19.9. The van der Waals surface area contributed by atoms with Gasteiger partial charge in [-0.1, -0.05) is 56.3 Å². The standard InChI is InChI=1S/C73H114N18O21S/c1-43(2)37-54(69(107)88-53(73(111)112)24-27-58(78)95)81-61(98)40-90-34-32-79-59(96)17-7-8-18-60(97)80-33-35-91(72(110)56(42-92)89-64(102)47(76)38-45-19-21-46(93)22-20-45)41-62(99)82-55(39-44-13-5-4-6-14-44)70(108)86-50(23-26-57(77)94)67(105)83-48(15-9-11-30-74)65(103)85-51(25-28-63(100)101)68(106)84-49(16-10-12-31-75)66(104)87-52(71(90)109)29-36-113-3/h4-6,13-14,19-22,43,47-56,92-93H,7-12,15-18,23-42,74-76H2,1-3H3,(H2,77,94)(H2,78,95)(H,79,96)(H,80,97)(H,81,98)(H,82,99)(H,83,105)(H,84,106)(H,85,103)(H,86,108)(H,87,104)(H,88,107)(H,89,102)(H,100,101)(H,111,112)/t47-,48-,49-,50?,51?,52?,53-,54-,55-,56-/m0/s1. The van der Waals surface area contributed by atoms with Crippen molar-refractivity contribution in [2.24, 2.45) is 34.6 Å². The lowest BCUT2D eigenvalue weighted by atomic mass is 10.0. The largest absolute Gasteiger partial charge is 0.508 e. The third kappa shape index (κ3) is 38.5. The Kier molecular flexibility index (Phi) is 45.0. The van der Waals surface area contributed by atoms with E-state index in [9.17, 15) is 97.1 Å². The minimum absolute atomic E-state index is 0.0593. The van der Waals surface area contributed by atoms with Crippen molar-refractivity contribution in [2.45, 2.75) is 203 Å². The fourth-order valence-corrected chi connectivity index (χ4v) is 12.2. The predicted molar refractivity (Wildman–Crippen MR) is 412 cm³/mol. The average molecular weight is 1610 g/mol. The van der Waals surface area contributed by atoms with Crippen LogP contribution in [0.5, 0.6) is 5.75 Å². The minimum atomic E-state index is -1.78. The lowest BCUT2D eigenvalue weighted by Crippen LogP contribution is -2.60. The van der Waals surface area contributed by atoms with Crippen molar-refractivity contribution in [1.29, 1.82) is 0 Å². The summed E-state index contributed by atoms with van der Waals surface area (Å²) in [5.41, 5.74) is 29.7. The lowest BCUT2D eigenvalue weighted by Gasteiger charge is -2.30. The Labute approximate surface area is 659 Å². The van der Waals surface area contributed by atoms with E-state index in [1.165, 1.54) is 36.0 Å². The molecule has 0 aromatic heterocycles. The monoisotopic (exact) mass is 1610 g/mol. The Morgan fingerprint density at radius 3 is 1.57 bits per heavy atom. The van der Waals surface area contributed by atoms with Gasteiger partial charge in [-0.2, -0.15) is 11.8 Å². The van der Waals surface area contributed by atoms with Gasteiger partial charge in [0.15, 0.2) is 0 Å². The first-order chi connectivity index (χ1) is 53.7. The lowest BCUT2D eigenvalue weighted by molar-refractivity contribution is -0.143. The number of rotatable bonds is 36. The van der Waals surface area contributed by atoms with E-state index in [4.69, 9.17) is 28.7 Å². The molecule has 0 bridgehead atoms. The van der Waals surface area contributed by atoms with Crippen LogP contribution in [-0.2, 0) is 94.3 Å². The van der Waals surface area contributed by atoms with Crippen LogP contribution in [0.15, 0.2) is 54.6 Å². The van der Waals surface area contributed by atoms with Gasteiger partial charge in [0.1, 0.15) is 60.1 Å². The molecule has 0 radical (unpaired) electrons. The van der Waals surface area contributed by atoms with E-state index in [1.54, 1.807) is 50.4 Å². The number of aliphatic hydroxyl groups is 1. The second kappa shape index (κ2) is 52.6. The van der Waals surface area contributed by atoms with Crippen LogP contribution in [0, 0.1) is 5.92 Å².